The van der Waals surface area contributed by atoms with Crippen LogP contribution in [0.1, 0.15) is 18.9 Å². The number of hydrogen-bond acceptors (Lipinski definition) is 4. The standard InChI is InChI=1S/C14H17FN4/c1-2-8-16-14-17-9-7-13(19-14)18-10-11-3-5-12(15)6-4-11/h3-7,9H,2,8,10H2,1H3,(H2,16,17,18,19). The SMILES string of the molecule is CCCNc1nccc(NCc2ccc(F)cc2)n1. The van der Waals surface area contributed by atoms with Gasteiger partial charge in [-0.05, 0) is 30.2 Å². The van der Waals surface area contributed by atoms with Gasteiger partial charge >= 0.3 is 0 Å². The zero-order chi connectivity index (χ0) is 13.5. The molecule has 0 saturated heterocycles. The third-order valence-corrected chi connectivity index (χ3v) is 2.58. The Morgan fingerprint density at radius 3 is 2.63 bits per heavy atom. The van der Waals surface area contributed by atoms with E-state index in [0.717, 1.165) is 24.3 Å². The van der Waals surface area contributed by atoms with Gasteiger partial charge in [-0.1, -0.05) is 19.1 Å². The zero-order valence-corrected chi connectivity index (χ0v) is 10.9. The molecule has 2 rings (SSSR count). The predicted molar refractivity (Wildman–Crippen MR) is 74.5 cm³/mol. The lowest BCUT2D eigenvalue weighted by Gasteiger charge is -2.08. The molecule has 2 N–H and O–H groups in total. The fourth-order valence-electron chi connectivity index (χ4n) is 1.57. The van der Waals surface area contributed by atoms with Crippen LogP contribution in [-0.4, -0.2) is 16.5 Å². The molecule has 0 aliphatic carbocycles. The van der Waals surface area contributed by atoms with Gasteiger partial charge in [-0.3, -0.25) is 0 Å². The predicted octanol–water partition coefficient (Wildman–Crippen LogP) is 3.05. The van der Waals surface area contributed by atoms with E-state index in [1.807, 2.05) is 0 Å². The lowest BCUT2D eigenvalue weighted by molar-refractivity contribution is 0.627. The summed E-state index contributed by atoms with van der Waals surface area (Å²) < 4.78 is 12.8. The van der Waals surface area contributed by atoms with Crippen LogP contribution in [0.3, 0.4) is 0 Å². The molecule has 1 aromatic carbocycles. The molecular formula is C14H17FN4. The molecule has 0 spiro atoms. The summed E-state index contributed by atoms with van der Waals surface area (Å²) in [7, 11) is 0. The van der Waals surface area contributed by atoms with Crippen LogP contribution in [-0.2, 0) is 6.54 Å². The monoisotopic (exact) mass is 260 g/mol. The molecule has 0 amide bonds. The Bertz CT molecular complexity index is 513. The first-order valence-electron chi connectivity index (χ1n) is 6.33. The fraction of sp³-hybridized carbons (Fsp3) is 0.286. The van der Waals surface area contributed by atoms with Crippen molar-refractivity contribution in [3.63, 3.8) is 0 Å². The highest BCUT2D eigenvalue weighted by Gasteiger charge is 1.99. The topological polar surface area (TPSA) is 49.8 Å². The smallest absolute Gasteiger partial charge is 0.224 e. The minimum absolute atomic E-state index is 0.225. The Balaban J connectivity index is 1.93. The summed E-state index contributed by atoms with van der Waals surface area (Å²) in [5.41, 5.74) is 1.00. The summed E-state index contributed by atoms with van der Waals surface area (Å²) in [5.74, 6) is 1.14. The molecule has 0 fully saturated rings. The van der Waals surface area contributed by atoms with E-state index in [4.69, 9.17) is 0 Å². The number of anilines is 2. The highest BCUT2D eigenvalue weighted by molar-refractivity contribution is 5.40. The van der Waals surface area contributed by atoms with E-state index >= 15 is 0 Å². The van der Waals surface area contributed by atoms with Gasteiger partial charge in [-0.15, -0.1) is 0 Å². The van der Waals surface area contributed by atoms with E-state index in [2.05, 4.69) is 27.5 Å². The van der Waals surface area contributed by atoms with E-state index in [0.29, 0.717) is 12.5 Å². The van der Waals surface area contributed by atoms with E-state index in [1.54, 1.807) is 24.4 Å². The Kier molecular flexibility index (Phi) is 4.66. The normalized spacial score (nSPS) is 10.2. The number of benzene rings is 1. The van der Waals surface area contributed by atoms with Crippen molar-refractivity contribution in [3.8, 4) is 0 Å². The first kappa shape index (κ1) is 13.3. The van der Waals surface area contributed by atoms with Crippen LogP contribution in [0.25, 0.3) is 0 Å². The van der Waals surface area contributed by atoms with E-state index in [9.17, 15) is 4.39 Å². The number of hydrogen-bond donors (Lipinski definition) is 2. The molecule has 1 aromatic heterocycles. The van der Waals surface area contributed by atoms with Gasteiger partial charge in [0.25, 0.3) is 0 Å². The molecule has 19 heavy (non-hydrogen) atoms. The van der Waals surface area contributed by atoms with Crippen LogP contribution in [0.5, 0.6) is 0 Å². The molecule has 4 nitrogen and oxygen atoms in total. The van der Waals surface area contributed by atoms with E-state index in [-0.39, 0.29) is 5.82 Å². The maximum absolute atomic E-state index is 12.8. The average molecular weight is 260 g/mol. The van der Waals surface area contributed by atoms with Crippen LogP contribution in [0, 0.1) is 5.82 Å². The minimum Gasteiger partial charge on any atom is -0.366 e. The summed E-state index contributed by atoms with van der Waals surface area (Å²) in [6.45, 7) is 3.54. The van der Waals surface area contributed by atoms with Crippen molar-refractivity contribution >= 4 is 11.8 Å². The van der Waals surface area contributed by atoms with Gasteiger partial charge < -0.3 is 10.6 Å². The molecular weight excluding hydrogens is 243 g/mol. The Morgan fingerprint density at radius 2 is 1.89 bits per heavy atom. The summed E-state index contributed by atoms with van der Waals surface area (Å²) in [6.07, 6.45) is 2.73. The van der Waals surface area contributed by atoms with Crippen LogP contribution in [0.2, 0.25) is 0 Å². The molecule has 0 unspecified atom stereocenters. The molecule has 5 heteroatoms. The van der Waals surface area contributed by atoms with Gasteiger partial charge in [0, 0.05) is 19.3 Å². The number of halogens is 1. The number of aromatic nitrogens is 2. The van der Waals surface area contributed by atoms with E-state index < -0.39 is 0 Å². The van der Waals surface area contributed by atoms with Crippen LogP contribution >= 0.6 is 0 Å². The second-order valence-corrected chi connectivity index (χ2v) is 4.17. The van der Waals surface area contributed by atoms with Crippen LogP contribution in [0.4, 0.5) is 16.2 Å². The first-order chi connectivity index (χ1) is 9.28. The number of nitrogens with one attached hydrogen (secondary N) is 2. The highest BCUT2D eigenvalue weighted by Crippen LogP contribution is 2.09. The van der Waals surface area contributed by atoms with Gasteiger partial charge in [0.1, 0.15) is 11.6 Å². The van der Waals surface area contributed by atoms with Crippen LogP contribution < -0.4 is 10.6 Å². The molecule has 0 saturated carbocycles. The van der Waals surface area contributed by atoms with Crippen molar-refractivity contribution in [1.29, 1.82) is 0 Å². The van der Waals surface area contributed by atoms with Gasteiger partial charge in [-0.25, -0.2) is 9.37 Å². The van der Waals surface area contributed by atoms with Gasteiger partial charge in [-0.2, -0.15) is 4.98 Å². The molecule has 2 aromatic rings. The summed E-state index contributed by atoms with van der Waals surface area (Å²) in [4.78, 5) is 8.47. The fourth-order valence-corrected chi connectivity index (χ4v) is 1.57. The Morgan fingerprint density at radius 1 is 1.11 bits per heavy atom. The summed E-state index contributed by atoms with van der Waals surface area (Å²) >= 11 is 0. The zero-order valence-electron chi connectivity index (χ0n) is 10.9. The molecule has 0 bridgehead atoms. The second kappa shape index (κ2) is 6.68. The third-order valence-electron chi connectivity index (χ3n) is 2.58. The third kappa shape index (κ3) is 4.21. The van der Waals surface area contributed by atoms with Crippen molar-refractivity contribution in [2.45, 2.75) is 19.9 Å². The summed E-state index contributed by atoms with van der Waals surface area (Å²) in [6, 6.07) is 8.20. The average Bonchev–Trinajstić information content (AvgIpc) is 2.45. The molecule has 0 radical (unpaired) electrons. The van der Waals surface area contributed by atoms with Crippen molar-refractivity contribution in [2.75, 3.05) is 17.2 Å². The lowest BCUT2D eigenvalue weighted by atomic mass is 10.2. The molecule has 0 aliphatic heterocycles. The Hall–Kier alpha value is -2.17. The van der Waals surface area contributed by atoms with Crippen molar-refractivity contribution in [3.05, 3.63) is 47.9 Å². The van der Waals surface area contributed by atoms with Gasteiger partial charge in [0.2, 0.25) is 5.95 Å². The quantitative estimate of drug-likeness (QED) is 0.838. The maximum atomic E-state index is 12.8. The van der Waals surface area contributed by atoms with Crippen molar-refractivity contribution in [1.82, 2.24) is 9.97 Å². The largest absolute Gasteiger partial charge is 0.366 e. The van der Waals surface area contributed by atoms with E-state index in [1.165, 1.54) is 12.1 Å². The summed E-state index contributed by atoms with van der Waals surface area (Å²) in [5, 5.41) is 6.31. The minimum atomic E-state index is -0.225. The first-order valence-corrected chi connectivity index (χ1v) is 6.33. The molecule has 0 aliphatic rings. The second-order valence-electron chi connectivity index (χ2n) is 4.17. The van der Waals surface area contributed by atoms with Crippen molar-refractivity contribution < 1.29 is 4.39 Å². The number of nitrogens with zero attached hydrogens (tertiary/aromatic N) is 2. The lowest BCUT2D eigenvalue weighted by Crippen LogP contribution is -2.07. The molecule has 0 atom stereocenters. The highest BCUT2D eigenvalue weighted by atomic mass is 19.1. The molecule has 1 heterocycles. The Labute approximate surface area is 112 Å². The molecule has 100 valence electrons. The van der Waals surface area contributed by atoms with Crippen molar-refractivity contribution in [2.24, 2.45) is 0 Å². The van der Waals surface area contributed by atoms with Gasteiger partial charge in [0.15, 0.2) is 0 Å². The maximum Gasteiger partial charge on any atom is 0.224 e. The van der Waals surface area contributed by atoms with Gasteiger partial charge in [0.05, 0.1) is 0 Å². The number of rotatable bonds is 6. The van der Waals surface area contributed by atoms with Crippen LogP contribution in [0.15, 0.2) is 36.5 Å².